The smallest absolute Gasteiger partial charge is 0.434 e. The number of carbonyl (C=O) groups is 2. The van der Waals surface area contributed by atoms with Crippen LogP contribution in [-0.4, -0.2) is 25.5 Å². The second-order valence-corrected chi connectivity index (χ2v) is 8.65. The van der Waals surface area contributed by atoms with Crippen molar-refractivity contribution in [2.24, 2.45) is 0 Å². The van der Waals surface area contributed by atoms with Crippen molar-refractivity contribution in [3.63, 3.8) is 0 Å². The summed E-state index contributed by atoms with van der Waals surface area (Å²) in [5.41, 5.74) is 1.10. The Kier molecular flexibility index (Phi) is 10.2. The van der Waals surface area contributed by atoms with E-state index in [1.165, 1.54) is 0 Å². The van der Waals surface area contributed by atoms with Gasteiger partial charge in [0.1, 0.15) is 11.5 Å². The van der Waals surface area contributed by atoms with Crippen molar-refractivity contribution < 1.29 is 28.5 Å². The molecule has 6 nitrogen and oxygen atoms in total. The molecule has 0 heterocycles. The van der Waals surface area contributed by atoms with Crippen LogP contribution >= 0.6 is 0 Å². The molecule has 0 N–H and O–H groups in total. The minimum absolute atomic E-state index is 0.314. The quantitative estimate of drug-likeness (QED) is 0.112. The van der Waals surface area contributed by atoms with Crippen molar-refractivity contribution in [2.45, 2.75) is 72.1 Å². The lowest BCUT2D eigenvalue weighted by molar-refractivity contribution is 0.0966. The number of benzene rings is 3. The number of fused-ring (bicyclic) bond motifs is 2. The van der Waals surface area contributed by atoms with Gasteiger partial charge >= 0.3 is 12.3 Å². The minimum atomic E-state index is -0.741. The van der Waals surface area contributed by atoms with Crippen LogP contribution in [0.4, 0.5) is 9.59 Å². The van der Waals surface area contributed by atoms with Crippen molar-refractivity contribution in [3.05, 3.63) is 48.0 Å². The highest BCUT2D eigenvalue weighted by molar-refractivity contribution is 6.12. The fourth-order valence-electron chi connectivity index (χ4n) is 4.05. The van der Waals surface area contributed by atoms with Crippen LogP contribution in [-0.2, 0) is 15.9 Å². The zero-order chi connectivity index (χ0) is 25.0. The second-order valence-electron chi connectivity index (χ2n) is 8.65. The number of unbranched alkanes of at least 4 members (excludes halogenated alkanes) is 4. The summed E-state index contributed by atoms with van der Waals surface area (Å²) < 4.78 is 22.1. The van der Waals surface area contributed by atoms with Crippen LogP contribution in [0.15, 0.2) is 42.5 Å². The van der Waals surface area contributed by atoms with Crippen LogP contribution in [0, 0.1) is 0 Å². The summed E-state index contributed by atoms with van der Waals surface area (Å²) in [5, 5.41) is 2.67. The number of carbonyl (C=O) groups excluding carboxylic acids is 2. The summed E-state index contributed by atoms with van der Waals surface area (Å²) in [5.74, 6) is 0.792. The maximum absolute atomic E-state index is 12.6. The topological polar surface area (TPSA) is 71.1 Å². The highest BCUT2D eigenvalue weighted by Gasteiger charge is 2.21. The van der Waals surface area contributed by atoms with Crippen LogP contribution in [0.1, 0.15) is 71.3 Å². The third-order valence-corrected chi connectivity index (χ3v) is 5.83. The monoisotopic (exact) mass is 480 g/mol. The fourth-order valence-corrected chi connectivity index (χ4v) is 4.05. The molecule has 0 saturated carbocycles. The van der Waals surface area contributed by atoms with E-state index in [-0.39, 0.29) is 0 Å². The first kappa shape index (κ1) is 26.3. The zero-order valence-electron chi connectivity index (χ0n) is 21.1. The number of ether oxygens (including phenoxy) is 4. The zero-order valence-corrected chi connectivity index (χ0v) is 21.1. The highest BCUT2D eigenvalue weighted by Crippen LogP contribution is 2.43. The van der Waals surface area contributed by atoms with E-state index in [0.29, 0.717) is 46.3 Å². The minimum Gasteiger partial charge on any atom is -0.434 e. The van der Waals surface area contributed by atoms with E-state index >= 15 is 0 Å². The Balaban J connectivity index is 2.02. The summed E-state index contributed by atoms with van der Waals surface area (Å²) >= 11 is 0. The average molecular weight is 481 g/mol. The van der Waals surface area contributed by atoms with Crippen LogP contribution in [0.3, 0.4) is 0 Å². The van der Waals surface area contributed by atoms with E-state index in [1.54, 1.807) is 0 Å². The first-order valence-corrected chi connectivity index (χ1v) is 12.8. The van der Waals surface area contributed by atoms with Crippen LogP contribution in [0.2, 0.25) is 0 Å². The van der Waals surface area contributed by atoms with E-state index in [9.17, 15) is 9.59 Å². The van der Waals surface area contributed by atoms with Gasteiger partial charge in [0.25, 0.3) is 0 Å². The highest BCUT2D eigenvalue weighted by atomic mass is 16.7. The molecule has 188 valence electrons. The van der Waals surface area contributed by atoms with Gasteiger partial charge in [-0.05, 0) is 30.9 Å². The Labute approximate surface area is 207 Å². The molecule has 0 aromatic heterocycles. The Morgan fingerprint density at radius 3 is 1.66 bits per heavy atom. The van der Waals surface area contributed by atoms with Gasteiger partial charge in [0.15, 0.2) is 0 Å². The molecule has 0 amide bonds. The molecule has 0 radical (unpaired) electrons. The van der Waals surface area contributed by atoms with Gasteiger partial charge in [-0.2, -0.15) is 0 Å². The molecule has 0 aliphatic carbocycles. The third kappa shape index (κ3) is 7.10. The molecule has 0 bridgehead atoms. The SMILES string of the molecule is CCCCCOC(=O)Oc1c2ccccc2c(OC(=O)OCCCCC)c2cc(CCC)ccc12. The van der Waals surface area contributed by atoms with Gasteiger partial charge in [-0.15, -0.1) is 0 Å². The number of rotatable bonds is 12. The van der Waals surface area contributed by atoms with Gasteiger partial charge in [0, 0.05) is 21.5 Å². The van der Waals surface area contributed by atoms with E-state index in [1.807, 2.05) is 42.5 Å². The maximum atomic E-state index is 12.6. The molecule has 35 heavy (non-hydrogen) atoms. The molecular weight excluding hydrogens is 444 g/mol. The molecule has 0 spiro atoms. The van der Waals surface area contributed by atoms with Crippen molar-refractivity contribution in [2.75, 3.05) is 13.2 Å². The predicted octanol–water partition coefficient (Wildman–Crippen LogP) is 8.36. The molecule has 0 aliphatic rings. The van der Waals surface area contributed by atoms with Crippen molar-refractivity contribution >= 4 is 33.9 Å². The molecule has 0 fully saturated rings. The number of aryl methyl sites for hydroxylation is 1. The Hall–Kier alpha value is -3.28. The summed E-state index contributed by atoms with van der Waals surface area (Å²) in [7, 11) is 0. The molecule has 0 atom stereocenters. The van der Waals surface area contributed by atoms with E-state index in [0.717, 1.165) is 56.9 Å². The van der Waals surface area contributed by atoms with Gasteiger partial charge in [0.05, 0.1) is 13.2 Å². The lowest BCUT2D eigenvalue weighted by atomic mass is 9.97. The van der Waals surface area contributed by atoms with Crippen LogP contribution in [0.25, 0.3) is 21.5 Å². The van der Waals surface area contributed by atoms with Gasteiger partial charge in [-0.25, -0.2) is 9.59 Å². The van der Waals surface area contributed by atoms with Gasteiger partial charge < -0.3 is 18.9 Å². The van der Waals surface area contributed by atoms with E-state index < -0.39 is 12.3 Å². The number of hydrogen-bond donors (Lipinski definition) is 0. The first-order valence-electron chi connectivity index (χ1n) is 12.8. The summed E-state index contributed by atoms with van der Waals surface area (Å²) in [6.45, 7) is 6.92. The maximum Gasteiger partial charge on any atom is 0.513 e. The molecule has 3 rings (SSSR count). The summed E-state index contributed by atoms with van der Waals surface area (Å²) in [6, 6.07) is 13.3. The Morgan fingerprint density at radius 2 is 1.14 bits per heavy atom. The number of hydrogen-bond acceptors (Lipinski definition) is 6. The van der Waals surface area contributed by atoms with Crippen molar-refractivity contribution in [3.8, 4) is 11.5 Å². The fraction of sp³-hybridized carbons (Fsp3) is 0.448. The molecule has 3 aromatic rings. The molecule has 0 saturated heterocycles. The molecule has 0 aliphatic heterocycles. The summed E-state index contributed by atoms with van der Waals surface area (Å²) in [6.07, 6.45) is 6.00. The molecular formula is C29H36O6. The largest absolute Gasteiger partial charge is 0.513 e. The van der Waals surface area contributed by atoms with Crippen LogP contribution in [0.5, 0.6) is 11.5 Å². The standard InChI is InChI=1S/C29H36O6/c1-4-7-11-18-32-28(30)34-26-22-14-9-10-15-23(22)27(35-29(31)33-19-12-8-5-2)25-20-21(13-6-3)16-17-24(25)26/h9-10,14-17,20H,4-8,11-13,18-19H2,1-3H3. The van der Waals surface area contributed by atoms with Crippen molar-refractivity contribution in [1.29, 1.82) is 0 Å². The van der Waals surface area contributed by atoms with Crippen LogP contribution < -0.4 is 9.47 Å². The lowest BCUT2D eigenvalue weighted by Crippen LogP contribution is -2.14. The van der Waals surface area contributed by atoms with E-state index in [4.69, 9.17) is 18.9 Å². The Morgan fingerprint density at radius 1 is 0.629 bits per heavy atom. The van der Waals surface area contributed by atoms with Crippen molar-refractivity contribution in [1.82, 2.24) is 0 Å². The third-order valence-electron chi connectivity index (χ3n) is 5.83. The summed E-state index contributed by atoms with van der Waals surface area (Å²) in [4.78, 5) is 25.1. The predicted molar refractivity (Wildman–Crippen MR) is 138 cm³/mol. The normalized spacial score (nSPS) is 10.9. The van der Waals surface area contributed by atoms with Gasteiger partial charge in [-0.3, -0.25) is 0 Å². The Bertz CT molecular complexity index is 1140. The second kappa shape index (κ2) is 13.6. The average Bonchev–Trinajstić information content (AvgIpc) is 2.86. The molecule has 6 heteroatoms. The molecule has 3 aromatic carbocycles. The first-order chi connectivity index (χ1) is 17.1. The molecule has 0 unspecified atom stereocenters. The lowest BCUT2D eigenvalue weighted by Gasteiger charge is -2.17. The van der Waals surface area contributed by atoms with Gasteiger partial charge in [0.2, 0.25) is 0 Å². The van der Waals surface area contributed by atoms with Gasteiger partial charge in [-0.1, -0.05) is 89.3 Å². The van der Waals surface area contributed by atoms with E-state index in [2.05, 4.69) is 20.8 Å².